The molecule has 0 N–H and O–H groups in total. The van der Waals surface area contributed by atoms with Crippen LogP contribution in [0, 0.1) is 0 Å². The molecule has 0 saturated heterocycles. The Hall–Kier alpha value is -1.80. The molecule has 3 rings (SSSR count). The van der Waals surface area contributed by atoms with Gasteiger partial charge < -0.3 is 4.74 Å². The summed E-state index contributed by atoms with van der Waals surface area (Å²) in [6.07, 6.45) is 0. The Morgan fingerprint density at radius 1 is 0.950 bits per heavy atom. The molecule has 0 aliphatic carbocycles. The van der Waals surface area contributed by atoms with Gasteiger partial charge in [0.05, 0.1) is 0 Å². The van der Waals surface area contributed by atoms with E-state index in [9.17, 15) is 0 Å². The predicted molar refractivity (Wildman–Crippen MR) is 83.8 cm³/mol. The molecule has 2 aromatic carbocycles. The standard InChI is InChI=1S/C16H17NO.C2H6/c1-2-6-14(7-3-1)12-17-10-11-18-16-9-5-4-8-15(16)13-17;1-2/h1-9H,10-13H2;1-2H3. The Bertz CT molecular complexity index is 510. The largest absolute Gasteiger partial charge is 0.492 e. The molecule has 0 amide bonds. The van der Waals surface area contributed by atoms with E-state index in [1.807, 2.05) is 19.9 Å². The van der Waals surface area contributed by atoms with Crippen LogP contribution in [0.25, 0.3) is 0 Å². The Kier molecular flexibility index (Phi) is 5.63. The lowest BCUT2D eigenvalue weighted by atomic mass is 10.1. The Morgan fingerprint density at radius 2 is 1.65 bits per heavy atom. The number of ether oxygens (including phenoxy) is 1. The van der Waals surface area contributed by atoms with Gasteiger partial charge in [0, 0.05) is 25.2 Å². The number of rotatable bonds is 2. The second-order valence-corrected chi connectivity index (χ2v) is 4.65. The molecule has 2 aromatic rings. The summed E-state index contributed by atoms with van der Waals surface area (Å²) in [5.41, 5.74) is 2.64. The average molecular weight is 269 g/mol. The third kappa shape index (κ3) is 3.84. The van der Waals surface area contributed by atoms with Crippen LogP contribution in [-0.4, -0.2) is 18.1 Å². The molecule has 2 heteroatoms. The first-order chi connectivity index (χ1) is 9.92. The summed E-state index contributed by atoms with van der Waals surface area (Å²) in [4.78, 5) is 2.43. The first-order valence-electron chi connectivity index (χ1n) is 7.39. The van der Waals surface area contributed by atoms with Gasteiger partial charge >= 0.3 is 0 Å². The van der Waals surface area contributed by atoms with Crippen LogP contribution in [0.15, 0.2) is 54.6 Å². The van der Waals surface area contributed by atoms with Crippen molar-refractivity contribution in [2.24, 2.45) is 0 Å². The predicted octanol–water partition coefficient (Wildman–Crippen LogP) is 4.11. The lowest BCUT2D eigenvalue weighted by molar-refractivity contribution is 0.219. The molecule has 1 heterocycles. The van der Waals surface area contributed by atoms with E-state index in [4.69, 9.17) is 4.74 Å². The van der Waals surface area contributed by atoms with E-state index < -0.39 is 0 Å². The van der Waals surface area contributed by atoms with Crippen molar-refractivity contribution < 1.29 is 4.74 Å². The van der Waals surface area contributed by atoms with Gasteiger partial charge in [0.15, 0.2) is 0 Å². The first kappa shape index (κ1) is 14.6. The maximum absolute atomic E-state index is 5.77. The quantitative estimate of drug-likeness (QED) is 0.813. The minimum Gasteiger partial charge on any atom is -0.492 e. The van der Waals surface area contributed by atoms with E-state index >= 15 is 0 Å². The molecule has 20 heavy (non-hydrogen) atoms. The van der Waals surface area contributed by atoms with Crippen LogP contribution in [0.5, 0.6) is 5.75 Å². The molecule has 2 nitrogen and oxygen atoms in total. The van der Waals surface area contributed by atoms with Crippen LogP contribution in [0.3, 0.4) is 0 Å². The molecule has 0 radical (unpaired) electrons. The smallest absolute Gasteiger partial charge is 0.123 e. The fourth-order valence-corrected chi connectivity index (χ4v) is 2.36. The zero-order chi connectivity index (χ0) is 14.2. The van der Waals surface area contributed by atoms with E-state index in [0.717, 1.165) is 32.0 Å². The van der Waals surface area contributed by atoms with Crippen molar-refractivity contribution >= 4 is 0 Å². The van der Waals surface area contributed by atoms with E-state index in [0.29, 0.717) is 0 Å². The van der Waals surface area contributed by atoms with Crippen molar-refractivity contribution in [3.05, 3.63) is 65.7 Å². The fourth-order valence-electron chi connectivity index (χ4n) is 2.36. The molecular formula is C18H23NO. The number of benzene rings is 2. The molecule has 0 fully saturated rings. The van der Waals surface area contributed by atoms with Crippen LogP contribution in [0.4, 0.5) is 0 Å². The summed E-state index contributed by atoms with van der Waals surface area (Å²) in [6.45, 7) is 7.69. The third-order valence-electron chi connectivity index (χ3n) is 3.28. The second kappa shape index (κ2) is 7.71. The lowest BCUT2D eigenvalue weighted by Gasteiger charge is -2.19. The average Bonchev–Trinajstić information content (AvgIpc) is 2.72. The van der Waals surface area contributed by atoms with Crippen molar-refractivity contribution in [2.45, 2.75) is 26.9 Å². The summed E-state index contributed by atoms with van der Waals surface area (Å²) in [5.74, 6) is 1.04. The van der Waals surface area contributed by atoms with Gasteiger partial charge in [-0.15, -0.1) is 0 Å². The van der Waals surface area contributed by atoms with Gasteiger partial charge in [-0.1, -0.05) is 62.4 Å². The SMILES string of the molecule is CC.c1ccc(CN2CCOc3ccccc3C2)cc1. The third-order valence-corrected chi connectivity index (χ3v) is 3.28. The Balaban J connectivity index is 0.000000704. The molecule has 1 aliphatic rings. The zero-order valence-electron chi connectivity index (χ0n) is 12.4. The topological polar surface area (TPSA) is 12.5 Å². The van der Waals surface area contributed by atoms with Crippen LogP contribution in [-0.2, 0) is 13.1 Å². The number of fused-ring (bicyclic) bond motifs is 1. The molecule has 0 bridgehead atoms. The monoisotopic (exact) mass is 269 g/mol. The molecule has 0 spiro atoms. The Labute approximate surface area is 122 Å². The van der Waals surface area contributed by atoms with Crippen molar-refractivity contribution in [1.82, 2.24) is 4.90 Å². The van der Waals surface area contributed by atoms with Crippen LogP contribution >= 0.6 is 0 Å². The van der Waals surface area contributed by atoms with Gasteiger partial charge in [-0.2, -0.15) is 0 Å². The number of nitrogens with zero attached hydrogens (tertiary/aromatic N) is 1. The molecule has 0 atom stereocenters. The van der Waals surface area contributed by atoms with Gasteiger partial charge in [-0.25, -0.2) is 0 Å². The molecule has 106 valence electrons. The first-order valence-corrected chi connectivity index (χ1v) is 7.39. The summed E-state index contributed by atoms with van der Waals surface area (Å²) >= 11 is 0. The molecular weight excluding hydrogens is 246 g/mol. The van der Waals surface area contributed by atoms with Gasteiger partial charge in [0.1, 0.15) is 12.4 Å². The second-order valence-electron chi connectivity index (χ2n) is 4.65. The number of para-hydroxylation sites is 1. The minimum atomic E-state index is 0.768. The highest BCUT2D eigenvalue weighted by atomic mass is 16.5. The lowest BCUT2D eigenvalue weighted by Crippen LogP contribution is -2.25. The highest BCUT2D eigenvalue weighted by Crippen LogP contribution is 2.23. The Morgan fingerprint density at radius 3 is 2.45 bits per heavy atom. The van der Waals surface area contributed by atoms with Crippen LogP contribution in [0.2, 0.25) is 0 Å². The van der Waals surface area contributed by atoms with E-state index in [2.05, 4.69) is 53.4 Å². The molecule has 0 unspecified atom stereocenters. The van der Waals surface area contributed by atoms with Crippen molar-refractivity contribution in [3.8, 4) is 5.75 Å². The van der Waals surface area contributed by atoms with Crippen LogP contribution in [0.1, 0.15) is 25.0 Å². The van der Waals surface area contributed by atoms with E-state index in [1.165, 1.54) is 11.1 Å². The number of hydrogen-bond acceptors (Lipinski definition) is 2. The minimum absolute atomic E-state index is 0.768. The molecule has 0 aromatic heterocycles. The van der Waals surface area contributed by atoms with Gasteiger partial charge in [-0.3, -0.25) is 4.90 Å². The van der Waals surface area contributed by atoms with E-state index in [1.54, 1.807) is 0 Å². The maximum Gasteiger partial charge on any atom is 0.123 e. The summed E-state index contributed by atoms with van der Waals surface area (Å²) < 4.78 is 5.77. The summed E-state index contributed by atoms with van der Waals surface area (Å²) in [5, 5.41) is 0. The maximum atomic E-state index is 5.77. The number of hydrogen-bond donors (Lipinski definition) is 0. The van der Waals surface area contributed by atoms with E-state index in [-0.39, 0.29) is 0 Å². The van der Waals surface area contributed by atoms with Crippen molar-refractivity contribution in [3.63, 3.8) is 0 Å². The van der Waals surface area contributed by atoms with Gasteiger partial charge in [0.2, 0.25) is 0 Å². The molecule has 0 saturated carbocycles. The highest BCUT2D eigenvalue weighted by molar-refractivity contribution is 5.33. The normalized spacial score (nSPS) is 14.3. The summed E-state index contributed by atoms with van der Waals surface area (Å²) in [6, 6.07) is 18.9. The fraction of sp³-hybridized carbons (Fsp3) is 0.333. The van der Waals surface area contributed by atoms with Crippen LogP contribution < -0.4 is 4.74 Å². The van der Waals surface area contributed by atoms with Crippen molar-refractivity contribution in [2.75, 3.05) is 13.2 Å². The van der Waals surface area contributed by atoms with Gasteiger partial charge in [0.25, 0.3) is 0 Å². The highest BCUT2D eigenvalue weighted by Gasteiger charge is 2.14. The van der Waals surface area contributed by atoms with Crippen molar-refractivity contribution in [1.29, 1.82) is 0 Å². The zero-order valence-corrected chi connectivity index (χ0v) is 12.4. The van der Waals surface area contributed by atoms with Gasteiger partial charge in [-0.05, 0) is 11.6 Å². The summed E-state index contributed by atoms with van der Waals surface area (Å²) in [7, 11) is 0. The molecule has 1 aliphatic heterocycles.